The maximum Gasteiger partial charge on any atom is 0.144 e. The highest BCUT2D eigenvalue weighted by Gasteiger charge is 1.88. The van der Waals surface area contributed by atoms with E-state index in [9.17, 15) is 0 Å². The molecule has 0 spiro atoms. The number of nitrogens with one attached hydrogen (secondary N) is 1. The average Bonchev–Trinajstić information content (AvgIpc) is 2.23. The van der Waals surface area contributed by atoms with E-state index < -0.39 is 0 Å². The van der Waals surface area contributed by atoms with Crippen molar-refractivity contribution in [3.8, 4) is 0 Å². The molecule has 0 fully saturated rings. The summed E-state index contributed by atoms with van der Waals surface area (Å²) in [4.78, 5) is 6.57. The second kappa shape index (κ2) is 3.95. The standard InChI is InChI=1S/C4H7N3.C2H6/c1-3-4(5)7-2-6-3;1-2/h2H,5H2,1H3,(H,6,7);1-2H3. The molecular weight excluding hydrogens is 114 g/mol. The largest absolute Gasteiger partial charge is 0.382 e. The number of aryl methyl sites for hydroxylation is 1. The molecule has 1 rings (SSSR count). The van der Waals surface area contributed by atoms with Gasteiger partial charge in [-0.15, -0.1) is 0 Å². The van der Waals surface area contributed by atoms with Crippen LogP contribution in [0.3, 0.4) is 0 Å². The van der Waals surface area contributed by atoms with Gasteiger partial charge in [-0.2, -0.15) is 0 Å². The van der Waals surface area contributed by atoms with Gasteiger partial charge in [0.05, 0.1) is 12.0 Å². The van der Waals surface area contributed by atoms with Crippen LogP contribution in [-0.2, 0) is 0 Å². The van der Waals surface area contributed by atoms with Gasteiger partial charge in [-0.25, -0.2) is 4.98 Å². The first-order chi connectivity index (χ1) is 4.30. The first kappa shape index (κ1) is 8.01. The zero-order chi connectivity index (χ0) is 7.28. The molecule has 0 atom stereocenters. The monoisotopic (exact) mass is 127 g/mol. The van der Waals surface area contributed by atoms with Gasteiger partial charge in [0.15, 0.2) is 0 Å². The number of nitrogens with zero attached hydrogens (tertiary/aromatic N) is 1. The first-order valence-electron chi connectivity index (χ1n) is 3.06. The van der Waals surface area contributed by atoms with Crippen LogP contribution < -0.4 is 5.73 Å². The van der Waals surface area contributed by atoms with E-state index in [-0.39, 0.29) is 0 Å². The fourth-order valence-electron chi connectivity index (χ4n) is 0.369. The maximum absolute atomic E-state index is 5.30. The predicted molar refractivity (Wildman–Crippen MR) is 39.1 cm³/mol. The molecule has 3 N–H and O–H groups in total. The lowest BCUT2D eigenvalue weighted by molar-refractivity contribution is 1.25. The Balaban J connectivity index is 0.000000291. The molecule has 1 heterocycles. The Morgan fingerprint density at radius 2 is 2.11 bits per heavy atom. The molecule has 3 nitrogen and oxygen atoms in total. The third-order valence-electron chi connectivity index (χ3n) is 0.869. The smallest absolute Gasteiger partial charge is 0.144 e. The number of rotatable bonds is 0. The Morgan fingerprint density at radius 1 is 1.56 bits per heavy atom. The number of hydrogen-bond donors (Lipinski definition) is 2. The summed E-state index contributed by atoms with van der Waals surface area (Å²) in [6.07, 6.45) is 1.57. The summed E-state index contributed by atoms with van der Waals surface area (Å²) >= 11 is 0. The minimum absolute atomic E-state index is 0.583. The van der Waals surface area contributed by atoms with E-state index in [1.807, 2.05) is 20.8 Å². The van der Waals surface area contributed by atoms with Crippen LogP contribution in [0.2, 0.25) is 0 Å². The summed E-state index contributed by atoms with van der Waals surface area (Å²) < 4.78 is 0. The van der Waals surface area contributed by atoms with Crippen molar-refractivity contribution < 1.29 is 0 Å². The Labute approximate surface area is 55.3 Å². The SMILES string of the molecule is CC.Cc1[nH]cnc1N. The Kier molecular flexibility index (Phi) is 3.51. The van der Waals surface area contributed by atoms with Crippen LogP contribution in [0.15, 0.2) is 6.33 Å². The van der Waals surface area contributed by atoms with Gasteiger partial charge in [-0.1, -0.05) is 13.8 Å². The lowest BCUT2D eigenvalue weighted by atomic mass is 10.5. The summed E-state index contributed by atoms with van der Waals surface area (Å²) in [7, 11) is 0. The average molecular weight is 127 g/mol. The van der Waals surface area contributed by atoms with E-state index in [2.05, 4.69) is 9.97 Å². The molecule has 0 aliphatic carbocycles. The van der Waals surface area contributed by atoms with Crippen LogP contribution in [-0.4, -0.2) is 9.97 Å². The molecular formula is C6H13N3. The Bertz CT molecular complexity index is 141. The van der Waals surface area contributed by atoms with E-state index in [4.69, 9.17) is 5.73 Å². The molecule has 0 aliphatic rings. The molecule has 3 heteroatoms. The van der Waals surface area contributed by atoms with Gasteiger partial charge < -0.3 is 10.7 Å². The van der Waals surface area contributed by atoms with Crippen molar-refractivity contribution in [2.75, 3.05) is 5.73 Å². The second-order valence-corrected chi connectivity index (χ2v) is 1.41. The number of H-pyrrole nitrogens is 1. The fourth-order valence-corrected chi connectivity index (χ4v) is 0.369. The summed E-state index contributed by atoms with van der Waals surface area (Å²) in [6, 6.07) is 0. The van der Waals surface area contributed by atoms with Crippen molar-refractivity contribution >= 4 is 5.82 Å². The highest BCUT2D eigenvalue weighted by molar-refractivity contribution is 5.31. The molecule has 0 saturated heterocycles. The molecule has 52 valence electrons. The van der Waals surface area contributed by atoms with Crippen molar-refractivity contribution in [2.24, 2.45) is 0 Å². The number of nitrogen functional groups attached to an aromatic ring is 1. The van der Waals surface area contributed by atoms with E-state index in [1.54, 1.807) is 6.33 Å². The quantitative estimate of drug-likeness (QED) is 0.552. The van der Waals surface area contributed by atoms with E-state index in [0.717, 1.165) is 5.69 Å². The van der Waals surface area contributed by atoms with Crippen LogP contribution in [0, 0.1) is 6.92 Å². The minimum atomic E-state index is 0.583. The molecule has 0 aromatic carbocycles. The number of imidazole rings is 1. The number of aromatic amines is 1. The molecule has 0 saturated carbocycles. The molecule has 0 aliphatic heterocycles. The van der Waals surface area contributed by atoms with Crippen LogP contribution in [0.25, 0.3) is 0 Å². The number of nitrogens with two attached hydrogens (primary N) is 1. The zero-order valence-corrected chi connectivity index (χ0v) is 6.10. The topological polar surface area (TPSA) is 54.7 Å². The van der Waals surface area contributed by atoms with Gasteiger partial charge >= 0.3 is 0 Å². The van der Waals surface area contributed by atoms with Crippen LogP contribution in [0.1, 0.15) is 19.5 Å². The van der Waals surface area contributed by atoms with Gasteiger partial charge in [0, 0.05) is 0 Å². The first-order valence-corrected chi connectivity index (χ1v) is 3.06. The highest BCUT2D eigenvalue weighted by atomic mass is 15.0. The van der Waals surface area contributed by atoms with Crippen molar-refractivity contribution in [3.05, 3.63) is 12.0 Å². The number of anilines is 1. The minimum Gasteiger partial charge on any atom is -0.382 e. The lowest BCUT2D eigenvalue weighted by Gasteiger charge is -1.79. The van der Waals surface area contributed by atoms with Crippen LogP contribution >= 0.6 is 0 Å². The Morgan fingerprint density at radius 3 is 2.22 bits per heavy atom. The van der Waals surface area contributed by atoms with Crippen molar-refractivity contribution in [1.82, 2.24) is 9.97 Å². The second-order valence-electron chi connectivity index (χ2n) is 1.41. The third kappa shape index (κ3) is 2.17. The summed E-state index contributed by atoms with van der Waals surface area (Å²) in [6.45, 7) is 5.88. The van der Waals surface area contributed by atoms with E-state index in [0.29, 0.717) is 5.82 Å². The normalized spacial score (nSPS) is 7.89. The maximum atomic E-state index is 5.30. The van der Waals surface area contributed by atoms with Gasteiger partial charge in [-0.05, 0) is 6.92 Å². The molecule has 0 unspecified atom stereocenters. The van der Waals surface area contributed by atoms with Crippen molar-refractivity contribution in [2.45, 2.75) is 20.8 Å². The summed E-state index contributed by atoms with van der Waals surface area (Å²) in [5.41, 5.74) is 6.23. The van der Waals surface area contributed by atoms with E-state index >= 15 is 0 Å². The van der Waals surface area contributed by atoms with Gasteiger partial charge in [0.1, 0.15) is 5.82 Å². The third-order valence-corrected chi connectivity index (χ3v) is 0.869. The molecule has 1 aromatic rings. The summed E-state index contributed by atoms with van der Waals surface area (Å²) in [5, 5.41) is 0. The van der Waals surface area contributed by atoms with Gasteiger partial charge in [0.2, 0.25) is 0 Å². The van der Waals surface area contributed by atoms with Crippen LogP contribution in [0.4, 0.5) is 5.82 Å². The van der Waals surface area contributed by atoms with Crippen molar-refractivity contribution in [1.29, 1.82) is 0 Å². The van der Waals surface area contributed by atoms with Gasteiger partial charge in [0.25, 0.3) is 0 Å². The molecule has 0 radical (unpaired) electrons. The fraction of sp³-hybridized carbons (Fsp3) is 0.500. The van der Waals surface area contributed by atoms with E-state index in [1.165, 1.54) is 0 Å². The van der Waals surface area contributed by atoms with Crippen molar-refractivity contribution in [3.63, 3.8) is 0 Å². The molecule has 0 bridgehead atoms. The van der Waals surface area contributed by atoms with Gasteiger partial charge in [-0.3, -0.25) is 0 Å². The zero-order valence-electron chi connectivity index (χ0n) is 6.10. The Hall–Kier alpha value is -0.990. The molecule has 9 heavy (non-hydrogen) atoms. The molecule has 1 aromatic heterocycles. The molecule has 0 amide bonds. The predicted octanol–water partition coefficient (Wildman–Crippen LogP) is 1.33. The summed E-state index contributed by atoms with van der Waals surface area (Å²) in [5.74, 6) is 0.583. The van der Waals surface area contributed by atoms with Crippen LogP contribution in [0.5, 0.6) is 0 Å². The number of hydrogen-bond acceptors (Lipinski definition) is 2. The lowest BCUT2D eigenvalue weighted by Crippen LogP contribution is -1.85. The number of aromatic nitrogens is 2. The highest BCUT2D eigenvalue weighted by Crippen LogP contribution is 1.98.